The third-order valence-electron chi connectivity index (χ3n) is 3.02. The molecule has 1 aromatic carbocycles. The molecule has 0 saturated heterocycles. The van der Waals surface area contributed by atoms with Crippen LogP contribution in [0.5, 0.6) is 0 Å². The molecular formula is C15H13N3O2. The number of pyridine rings is 1. The first-order chi connectivity index (χ1) is 9.78. The van der Waals surface area contributed by atoms with Crippen molar-refractivity contribution >= 4 is 22.4 Å². The molecule has 1 amide bonds. The van der Waals surface area contributed by atoms with Gasteiger partial charge in [-0.25, -0.2) is 0 Å². The number of nitrogens with two attached hydrogens (primary N) is 1. The van der Waals surface area contributed by atoms with Crippen LogP contribution in [0.25, 0.3) is 10.8 Å². The van der Waals surface area contributed by atoms with Gasteiger partial charge in [-0.2, -0.15) is 0 Å². The quantitative estimate of drug-likeness (QED) is 0.764. The van der Waals surface area contributed by atoms with Crippen molar-refractivity contribution in [3.63, 3.8) is 0 Å². The van der Waals surface area contributed by atoms with E-state index in [-0.39, 0.29) is 18.2 Å². The molecule has 0 aliphatic carbocycles. The van der Waals surface area contributed by atoms with Gasteiger partial charge in [0.2, 0.25) is 0 Å². The Morgan fingerprint density at radius 2 is 2.15 bits per heavy atom. The Labute approximate surface area is 115 Å². The predicted molar refractivity (Wildman–Crippen MR) is 76.3 cm³/mol. The van der Waals surface area contributed by atoms with Gasteiger partial charge in [0.05, 0.1) is 12.2 Å². The standard InChI is InChI=1S/C15H13N3O2/c16-8-11-4-5-14(20-11)15(19)18-13-3-1-2-10-6-7-17-9-12(10)13/h1-7,9H,8,16H2,(H,18,19). The number of anilines is 1. The Balaban J connectivity index is 1.91. The second kappa shape index (κ2) is 5.14. The van der Waals surface area contributed by atoms with Crippen LogP contribution in [0.2, 0.25) is 0 Å². The number of rotatable bonds is 3. The zero-order valence-corrected chi connectivity index (χ0v) is 10.7. The van der Waals surface area contributed by atoms with E-state index < -0.39 is 0 Å². The lowest BCUT2D eigenvalue weighted by Crippen LogP contribution is -2.11. The molecule has 2 aromatic heterocycles. The summed E-state index contributed by atoms with van der Waals surface area (Å²) in [5.41, 5.74) is 6.16. The summed E-state index contributed by atoms with van der Waals surface area (Å²) >= 11 is 0. The van der Waals surface area contributed by atoms with E-state index >= 15 is 0 Å². The lowest BCUT2D eigenvalue weighted by molar-refractivity contribution is 0.0995. The minimum atomic E-state index is -0.305. The zero-order valence-electron chi connectivity index (χ0n) is 10.7. The highest BCUT2D eigenvalue weighted by atomic mass is 16.4. The van der Waals surface area contributed by atoms with Gasteiger partial charge in [0.1, 0.15) is 5.76 Å². The highest BCUT2D eigenvalue weighted by molar-refractivity contribution is 6.07. The molecule has 20 heavy (non-hydrogen) atoms. The van der Waals surface area contributed by atoms with E-state index in [4.69, 9.17) is 10.2 Å². The van der Waals surface area contributed by atoms with E-state index in [0.717, 1.165) is 10.8 Å². The number of benzene rings is 1. The summed E-state index contributed by atoms with van der Waals surface area (Å²) < 4.78 is 5.33. The first-order valence-electron chi connectivity index (χ1n) is 6.21. The molecule has 2 heterocycles. The third kappa shape index (κ3) is 2.26. The van der Waals surface area contributed by atoms with Gasteiger partial charge < -0.3 is 15.5 Å². The molecule has 3 rings (SSSR count). The van der Waals surface area contributed by atoms with Crippen molar-refractivity contribution in [1.29, 1.82) is 0 Å². The van der Waals surface area contributed by atoms with Gasteiger partial charge in [-0.05, 0) is 29.7 Å². The molecule has 0 aliphatic heterocycles. The number of aromatic nitrogens is 1. The van der Waals surface area contributed by atoms with E-state index in [1.165, 1.54) is 0 Å². The largest absolute Gasteiger partial charge is 0.455 e. The van der Waals surface area contributed by atoms with Crippen molar-refractivity contribution in [3.05, 3.63) is 60.3 Å². The van der Waals surface area contributed by atoms with E-state index in [1.807, 2.05) is 24.3 Å². The molecule has 0 bridgehead atoms. The summed E-state index contributed by atoms with van der Waals surface area (Å²) in [4.78, 5) is 16.2. The number of fused-ring (bicyclic) bond motifs is 1. The number of amides is 1. The van der Waals surface area contributed by atoms with Crippen LogP contribution in [0, 0.1) is 0 Å². The zero-order chi connectivity index (χ0) is 13.9. The molecule has 5 heteroatoms. The lowest BCUT2D eigenvalue weighted by Gasteiger charge is -2.06. The Kier molecular flexibility index (Phi) is 3.18. The summed E-state index contributed by atoms with van der Waals surface area (Å²) in [7, 11) is 0. The van der Waals surface area contributed by atoms with Gasteiger partial charge in [-0.3, -0.25) is 9.78 Å². The highest BCUT2D eigenvalue weighted by Gasteiger charge is 2.12. The summed E-state index contributed by atoms with van der Waals surface area (Å²) in [6, 6.07) is 10.9. The molecule has 3 N–H and O–H groups in total. The van der Waals surface area contributed by atoms with Crippen molar-refractivity contribution in [2.75, 3.05) is 5.32 Å². The van der Waals surface area contributed by atoms with E-state index in [2.05, 4.69) is 10.3 Å². The molecule has 0 atom stereocenters. The monoisotopic (exact) mass is 267 g/mol. The maximum Gasteiger partial charge on any atom is 0.291 e. The number of carbonyl (C=O) groups is 1. The van der Waals surface area contributed by atoms with E-state index in [0.29, 0.717) is 11.4 Å². The molecule has 0 saturated carbocycles. The molecule has 0 unspecified atom stereocenters. The number of hydrogen-bond acceptors (Lipinski definition) is 4. The predicted octanol–water partition coefficient (Wildman–Crippen LogP) is 2.54. The normalized spacial score (nSPS) is 10.7. The van der Waals surface area contributed by atoms with Crippen LogP contribution >= 0.6 is 0 Å². The van der Waals surface area contributed by atoms with Gasteiger partial charge in [0.15, 0.2) is 5.76 Å². The maximum atomic E-state index is 12.1. The fourth-order valence-electron chi connectivity index (χ4n) is 2.02. The van der Waals surface area contributed by atoms with Crippen LogP contribution in [-0.4, -0.2) is 10.9 Å². The number of nitrogens with zero attached hydrogens (tertiary/aromatic N) is 1. The Morgan fingerprint density at radius 3 is 2.95 bits per heavy atom. The highest BCUT2D eigenvalue weighted by Crippen LogP contribution is 2.22. The molecule has 0 aliphatic rings. The van der Waals surface area contributed by atoms with Gasteiger partial charge >= 0.3 is 0 Å². The number of carbonyl (C=O) groups excluding carboxylic acids is 1. The number of nitrogens with one attached hydrogen (secondary N) is 1. The minimum Gasteiger partial charge on any atom is -0.455 e. The Morgan fingerprint density at radius 1 is 1.25 bits per heavy atom. The van der Waals surface area contributed by atoms with Crippen LogP contribution in [0.15, 0.2) is 53.2 Å². The summed E-state index contributed by atoms with van der Waals surface area (Å²) in [6.07, 6.45) is 3.44. The van der Waals surface area contributed by atoms with Gasteiger partial charge in [0, 0.05) is 17.8 Å². The first kappa shape index (κ1) is 12.4. The molecule has 5 nitrogen and oxygen atoms in total. The Hall–Kier alpha value is -2.66. The molecule has 0 spiro atoms. The molecule has 0 fully saturated rings. The van der Waals surface area contributed by atoms with Crippen LogP contribution in [0.3, 0.4) is 0 Å². The van der Waals surface area contributed by atoms with E-state index in [9.17, 15) is 4.79 Å². The van der Waals surface area contributed by atoms with Crippen LogP contribution in [0.4, 0.5) is 5.69 Å². The van der Waals surface area contributed by atoms with Crippen LogP contribution in [0.1, 0.15) is 16.3 Å². The van der Waals surface area contributed by atoms with E-state index in [1.54, 1.807) is 24.5 Å². The fourth-order valence-corrected chi connectivity index (χ4v) is 2.02. The second-order valence-corrected chi connectivity index (χ2v) is 4.33. The van der Waals surface area contributed by atoms with Crippen LogP contribution < -0.4 is 11.1 Å². The van der Waals surface area contributed by atoms with Gasteiger partial charge in [0.25, 0.3) is 5.91 Å². The molecular weight excluding hydrogens is 254 g/mol. The van der Waals surface area contributed by atoms with Crippen molar-refractivity contribution in [2.45, 2.75) is 6.54 Å². The maximum absolute atomic E-state index is 12.1. The fraction of sp³-hybridized carbons (Fsp3) is 0.0667. The third-order valence-corrected chi connectivity index (χ3v) is 3.02. The lowest BCUT2D eigenvalue weighted by atomic mass is 10.1. The number of furan rings is 1. The van der Waals surface area contributed by atoms with Gasteiger partial charge in [-0.1, -0.05) is 12.1 Å². The van der Waals surface area contributed by atoms with Crippen molar-refractivity contribution in [1.82, 2.24) is 4.98 Å². The summed E-state index contributed by atoms with van der Waals surface area (Å²) in [6.45, 7) is 0.269. The van der Waals surface area contributed by atoms with Crippen molar-refractivity contribution in [3.8, 4) is 0 Å². The first-order valence-corrected chi connectivity index (χ1v) is 6.21. The molecule has 0 radical (unpaired) electrons. The second-order valence-electron chi connectivity index (χ2n) is 4.33. The SMILES string of the molecule is NCc1ccc(C(=O)Nc2cccc3ccncc23)o1. The molecule has 3 aromatic rings. The molecule has 100 valence electrons. The summed E-state index contributed by atoms with van der Waals surface area (Å²) in [5.74, 6) is 0.516. The van der Waals surface area contributed by atoms with Crippen LogP contribution in [-0.2, 0) is 6.54 Å². The number of hydrogen-bond donors (Lipinski definition) is 2. The average Bonchev–Trinajstić information content (AvgIpc) is 2.97. The topological polar surface area (TPSA) is 81.2 Å². The van der Waals surface area contributed by atoms with Crippen molar-refractivity contribution < 1.29 is 9.21 Å². The summed E-state index contributed by atoms with van der Waals surface area (Å²) in [5, 5.41) is 4.72. The minimum absolute atomic E-state index is 0.242. The van der Waals surface area contributed by atoms with Gasteiger partial charge in [-0.15, -0.1) is 0 Å². The average molecular weight is 267 g/mol. The Bertz CT molecular complexity index is 759. The smallest absolute Gasteiger partial charge is 0.291 e. The van der Waals surface area contributed by atoms with Crippen molar-refractivity contribution in [2.24, 2.45) is 5.73 Å².